The van der Waals surface area contributed by atoms with Gasteiger partial charge in [-0.1, -0.05) is 12.8 Å². The Kier molecular flexibility index (Phi) is 4.78. The van der Waals surface area contributed by atoms with E-state index < -0.39 is 0 Å². The zero-order valence-electron chi connectivity index (χ0n) is 12.6. The topological polar surface area (TPSA) is 18.5 Å². The van der Waals surface area contributed by atoms with Gasteiger partial charge < -0.3 is 15.1 Å². The van der Waals surface area contributed by atoms with E-state index in [0.717, 1.165) is 18.1 Å². The number of nitrogens with zero attached hydrogens (tertiary/aromatic N) is 2. The van der Waals surface area contributed by atoms with E-state index in [9.17, 15) is 0 Å². The van der Waals surface area contributed by atoms with E-state index in [0.29, 0.717) is 0 Å². The van der Waals surface area contributed by atoms with Crippen LogP contribution in [0.5, 0.6) is 0 Å². The van der Waals surface area contributed by atoms with Crippen molar-refractivity contribution in [3.63, 3.8) is 0 Å². The van der Waals surface area contributed by atoms with E-state index in [2.05, 4.69) is 22.2 Å². The maximum atomic E-state index is 3.81. The number of hydrogen-bond donors (Lipinski definition) is 1. The molecule has 3 rings (SSSR count). The predicted octanol–water partition coefficient (Wildman–Crippen LogP) is 2.08. The van der Waals surface area contributed by atoms with Crippen molar-refractivity contribution in [1.29, 1.82) is 0 Å². The summed E-state index contributed by atoms with van der Waals surface area (Å²) < 4.78 is 0. The fraction of sp³-hybridized carbons (Fsp3) is 1.00. The van der Waals surface area contributed by atoms with Crippen molar-refractivity contribution >= 4 is 0 Å². The maximum absolute atomic E-state index is 3.81. The normalized spacial score (nSPS) is 30.3. The van der Waals surface area contributed by atoms with Crippen molar-refractivity contribution in [3.05, 3.63) is 0 Å². The lowest BCUT2D eigenvalue weighted by Gasteiger charge is -2.35. The molecule has 3 heteroatoms. The Labute approximate surface area is 118 Å². The zero-order valence-corrected chi connectivity index (χ0v) is 12.6. The third-order valence-electron chi connectivity index (χ3n) is 5.27. The van der Waals surface area contributed by atoms with Gasteiger partial charge in [-0.25, -0.2) is 0 Å². The summed E-state index contributed by atoms with van der Waals surface area (Å²) in [5.74, 6) is 0. The summed E-state index contributed by atoms with van der Waals surface area (Å²) >= 11 is 0. The second-order valence-corrected chi connectivity index (χ2v) is 7.00. The molecule has 2 saturated carbocycles. The molecule has 0 amide bonds. The molecular weight excluding hydrogens is 234 g/mol. The largest absolute Gasteiger partial charge is 0.310 e. The van der Waals surface area contributed by atoms with Crippen LogP contribution in [0, 0.1) is 0 Å². The fourth-order valence-corrected chi connectivity index (χ4v) is 3.80. The minimum absolute atomic E-state index is 0.776. The first kappa shape index (κ1) is 13.8. The van der Waals surface area contributed by atoms with Crippen molar-refractivity contribution < 1.29 is 0 Å². The molecule has 1 unspecified atom stereocenters. The lowest BCUT2D eigenvalue weighted by Crippen LogP contribution is -2.48. The summed E-state index contributed by atoms with van der Waals surface area (Å²) in [5.41, 5.74) is 0. The highest BCUT2D eigenvalue weighted by atomic mass is 15.2. The van der Waals surface area contributed by atoms with Crippen LogP contribution in [-0.4, -0.2) is 61.2 Å². The molecule has 2 aliphatic carbocycles. The molecule has 1 N–H and O–H groups in total. The van der Waals surface area contributed by atoms with Gasteiger partial charge in [0, 0.05) is 37.8 Å². The standard InChI is InChI=1S/C16H31N3/c1-18(16-6-2-3-7-16)11-12-19-10-4-5-15(13-19)17-14-8-9-14/h14-17H,2-13H2,1H3. The predicted molar refractivity (Wildman–Crippen MR) is 80.5 cm³/mol. The highest BCUT2D eigenvalue weighted by molar-refractivity contribution is 4.88. The molecule has 0 spiro atoms. The SMILES string of the molecule is CN(CCN1CCCC(NC2CC2)C1)C1CCCC1. The van der Waals surface area contributed by atoms with Gasteiger partial charge in [-0.2, -0.15) is 0 Å². The van der Waals surface area contributed by atoms with Crippen LogP contribution in [0.1, 0.15) is 51.4 Å². The highest BCUT2D eigenvalue weighted by Gasteiger charge is 2.27. The van der Waals surface area contributed by atoms with Crippen LogP contribution in [0.25, 0.3) is 0 Å². The summed E-state index contributed by atoms with van der Waals surface area (Å²) in [4.78, 5) is 5.31. The molecule has 1 saturated heterocycles. The van der Waals surface area contributed by atoms with Crippen LogP contribution < -0.4 is 5.32 Å². The molecule has 3 aliphatic rings. The monoisotopic (exact) mass is 265 g/mol. The van der Waals surface area contributed by atoms with Gasteiger partial charge in [-0.05, 0) is 52.1 Å². The molecule has 3 nitrogen and oxygen atoms in total. The van der Waals surface area contributed by atoms with Gasteiger partial charge in [0.05, 0.1) is 0 Å². The Balaban J connectivity index is 1.36. The van der Waals surface area contributed by atoms with Gasteiger partial charge in [0.25, 0.3) is 0 Å². The van der Waals surface area contributed by atoms with Crippen molar-refractivity contribution in [3.8, 4) is 0 Å². The second kappa shape index (κ2) is 6.55. The van der Waals surface area contributed by atoms with E-state index in [-0.39, 0.29) is 0 Å². The third-order valence-corrected chi connectivity index (χ3v) is 5.27. The molecular formula is C16H31N3. The first-order valence-corrected chi connectivity index (χ1v) is 8.50. The number of piperidine rings is 1. The lowest BCUT2D eigenvalue weighted by atomic mass is 10.1. The lowest BCUT2D eigenvalue weighted by molar-refractivity contribution is 0.152. The number of likely N-dealkylation sites (tertiary alicyclic amines) is 1. The summed E-state index contributed by atoms with van der Waals surface area (Å²) in [5, 5.41) is 3.81. The van der Waals surface area contributed by atoms with Crippen LogP contribution in [0.2, 0.25) is 0 Å². The number of nitrogens with one attached hydrogen (secondary N) is 1. The minimum Gasteiger partial charge on any atom is -0.310 e. The van der Waals surface area contributed by atoms with Crippen molar-refractivity contribution in [2.45, 2.75) is 69.5 Å². The van der Waals surface area contributed by atoms with Crippen LogP contribution >= 0.6 is 0 Å². The number of hydrogen-bond acceptors (Lipinski definition) is 3. The van der Waals surface area contributed by atoms with E-state index >= 15 is 0 Å². The van der Waals surface area contributed by atoms with Crippen molar-refractivity contribution in [2.75, 3.05) is 33.2 Å². The Morgan fingerprint density at radius 2 is 1.79 bits per heavy atom. The molecule has 3 fully saturated rings. The van der Waals surface area contributed by atoms with E-state index in [4.69, 9.17) is 0 Å². The Hall–Kier alpha value is -0.120. The van der Waals surface area contributed by atoms with Gasteiger partial charge in [0.15, 0.2) is 0 Å². The van der Waals surface area contributed by atoms with Gasteiger partial charge in [0.2, 0.25) is 0 Å². The quantitative estimate of drug-likeness (QED) is 0.793. The van der Waals surface area contributed by atoms with Gasteiger partial charge in [-0.3, -0.25) is 0 Å². The molecule has 1 atom stereocenters. The Bertz CT molecular complexity index is 271. The van der Waals surface area contributed by atoms with Gasteiger partial charge in [-0.15, -0.1) is 0 Å². The average Bonchev–Trinajstić information content (AvgIpc) is 3.07. The Morgan fingerprint density at radius 3 is 2.53 bits per heavy atom. The summed E-state index contributed by atoms with van der Waals surface area (Å²) in [7, 11) is 2.33. The van der Waals surface area contributed by atoms with E-state index in [1.807, 2.05) is 0 Å². The van der Waals surface area contributed by atoms with Crippen molar-refractivity contribution in [1.82, 2.24) is 15.1 Å². The molecule has 19 heavy (non-hydrogen) atoms. The van der Waals surface area contributed by atoms with Crippen LogP contribution in [0.15, 0.2) is 0 Å². The molecule has 0 aromatic rings. The molecule has 110 valence electrons. The molecule has 0 aromatic heterocycles. The number of rotatable bonds is 6. The molecule has 0 radical (unpaired) electrons. The fourth-order valence-electron chi connectivity index (χ4n) is 3.80. The maximum Gasteiger partial charge on any atom is 0.0198 e. The summed E-state index contributed by atoms with van der Waals surface area (Å²) in [6.07, 6.45) is 11.4. The Morgan fingerprint density at radius 1 is 1.00 bits per heavy atom. The van der Waals surface area contributed by atoms with Crippen LogP contribution in [0.4, 0.5) is 0 Å². The first-order valence-electron chi connectivity index (χ1n) is 8.50. The molecule has 0 aromatic carbocycles. The van der Waals surface area contributed by atoms with E-state index in [1.54, 1.807) is 0 Å². The zero-order chi connectivity index (χ0) is 13.1. The van der Waals surface area contributed by atoms with Crippen molar-refractivity contribution in [2.24, 2.45) is 0 Å². The minimum atomic E-state index is 0.776. The molecule has 1 aliphatic heterocycles. The summed E-state index contributed by atoms with van der Waals surface area (Å²) in [6.45, 7) is 5.15. The highest BCUT2D eigenvalue weighted by Crippen LogP contribution is 2.23. The first-order chi connectivity index (χ1) is 9.31. The third kappa shape index (κ3) is 4.17. The average molecular weight is 265 g/mol. The van der Waals surface area contributed by atoms with Crippen LogP contribution in [0.3, 0.4) is 0 Å². The summed E-state index contributed by atoms with van der Waals surface area (Å²) in [6, 6.07) is 2.52. The second-order valence-electron chi connectivity index (χ2n) is 7.00. The molecule has 0 bridgehead atoms. The van der Waals surface area contributed by atoms with E-state index in [1.165, 1.54) is 77.5 Å². The van der Waals surface area contributed by atoms with Gasteiger partial charge in [0.1, 0.15) is 0 Å². The smallest absolute Gasteiger partial charge is 0.0198 e. The molecule has 1 heterocycles. The van der Waals surface area contributed by atoms with Crippen LogP contribution in [-0.2, 0) is 0 Å². The van der Waals surface area contributed by atoms with Gasteiger partial charge >= 0.3 is 0 Å². The number of likely N-dealkylation sites (N-methyl/N-ethyl adjacent to an activating group) is 1.